The minimum atomic E-state index is 0.0834. The Balaban J connectivity index is 1.72. The van der Waals surface area contributed by atoms with Crippen LogP contribution in [0.2, 0.25) is 0 Å². The third-order valence-corrected chi connectivity index (χ3v) is 2.68. The highest BCUT2D eigenvalue weighted by Crippen LogP contribution is 2.08. The molecule has 0 saturated carbocycles. The highest BCUT2D eigenvalue weighted by molar-refractivity contribution is 5.73. The van der Waals surface area contributed by atoms with Crippen molar-refractivity contribution in [2.75, 3.05) is 26.4 Å². The van der Waals surface area contributed by atoms with E-state index in [4.69, 9.17) is 9.84 Å². The smallest absolute Gasteiger partial charge is 0.0890 e. The van der Waals surface area contributed by atoms with Crippen LogP contribution in [0.4, 0.5) is 0 Å². The number of fused-ring (bicyclic) bond motifs is 1. The molecule has 5 heteroatoms. The molecular weight excluding hydrogens is 242 g/mol. The van der Waals surface area contributed by atoms with Gasteiger partial charge in [-0.05, 0) is 25.1 Å². The zero-order valence-electron chi connectivity index (χ0n) is 10.9. The standard InChI is InChI=1S/C14H19N3O2/c18-7-9-19-8-3-6-15-10-12-11-16-13-4-1-2-5-14(13)17-12/h1-2,4-5,11,15,18H,3,6-10H2. The van der Waals surface area contributed by atoms with Crippen LogP contribution in [0.5, 0.6) is 0 Å². The largest absolute Gasteiger partial charge is 0.394 e. The lowest BCUT2D eigenvalue weighted by Crippen LogP contribution is -2.17. The monoisotopic (exact) mass is 261 g/mol. The van der Waals surface area contributed by atoms with Gasteiger partial charge in [-0.15, -0.1) is 0 Å². The molecule has 1 aromatic carbocycles. The minimum Gasteiger partial charge on any atom is -0.394 e. The van der Waals surface area contributed by atoms with E-state index in [1.165, 1.54) is 0 Å². The number of rotatable bonds is 8. The first-order chi connectivity index (χ1) is 9.40. The Labute approximate surface area is 112 Å². The second kappa shape index (κ2) is 7.78. The summed E-state index contributed by atoms with van der Waals surface area (Å²) in [4.78, 5) is 8.90. The number of hydrogen-bond donors (Lipinski definition) is 2. The molecule has 0 saturated heterocycles. The van der Waals surface area contributed by atoms with Crippen LogP contribution >= 0.6 is 0 Å². The lowest BCUT2D eigenvalue weighted by atomic mass is 10.3. The second-order valence-corrected chi connectivity index (χ2v) is 4.22. The Hall–Kier alpha value is -1.56. The molecule has 1 heterocycles. The van der Waals surface area contributed by atoms with E-state index in [2.05, 4.69) is 15.3 Å². The van der Waals surface area contributed by atoms with Crippen LogP contribution in [-0.4, -0.2) is 41.4 Å². The van der Waals surface area contributed by atoms with Crippen molar-refractivity contribution in [3.8, 4) is 0 Å². The van der Waals surface area contributed by atoms with E-state index in [-0.39, 0.29) is 6.61 Å². The van der Waals surface area contributed by atoms with Crippen LogP contribution < -0.4 is 5.32 Å². The molecule has 1 aromatic heterocycles. The Bertz CT molecular complexity index is 505. The molecule has 0 aliphatic heterocycles. The van der Waals surface area contributed by atoms with Crippen molar-refractivity contribution in [2.45, 2.75) is 13.0 Å². The van der Waals surface area contributed by atoms with Crippen LogP contribution in [-0.2, 0) is 11.3 Å². The topological polar surface area (TPSA) is 67.3 Å². The number of hydrogen-bond acceptors (Lipinski definition) is 5. The first kappa shape index (κ1) is 13.9. The summed E-state index contributed by atoms with van der Waals surface area (Å²) in [6.45, 7) is 2.73. The summed E-state index contributed by atoms with van der Waals surface area (Å²) in [6.07, 6.45) is 2.72. The van der Waals surface area contributed by atoms with E-state index < -0.39 is 0 Å². The number of aliphatic hydroxyl groups is 1. The fourth-order valence-corrected chi connectivity index (χ4v) is 1.76. The molecule has 19 heavy (non-hydrogen) atoms. The van der Waals surface area contributed by atoms with Crippen molar-refractivity contribution in [3.05, 3.63) is 36.2 Å². The summed E-state index contributed by atoms with van der Waals surface area (Å²) in [5, 5.41) is 11.8. The molecular formula is C14H19N3O2. The van der Waals surface area contributed by atoms with Crippen LogP contribution in [0.15, 0.2) is 30.5 Å². The molecule has 0 radical (unpaired) electrons. The molecule has 0 fully saturated rings. The molecule has 0 aliphatic rings. The predicted octanol–water partition coefficient (Wildman–Crippen LogP) is 1.12. The molecule has 2 rings (SSSR count). The van der Waals surface area contributed by atoms with Crippen LogP contribution in [0.1, 0.15) is 12.1 Å². The van der Waals surface area contributed by atoms with Gasteiger partial charge in [0.2, 0.25) is 0 Å². The second-order valence-electron chi connectivity index (χ2n) is 4.22. The Morgan fingerprint density at radius 2 is 2.00 bits per heavy atom. The molecule has 2 N–H and O–H groups in total. The maximum absolute atomic E-state index is 8.55. The summed E-state index contributed by atoms with van der Waals surface area (Å²) in [5.41, 5.74) is 2.78. The fraction of sp³-hybridized carbons (Fsp3) is 0.429. The van der Waals surface area contributed by atoms with E-state index in [0.29, 0.717) is 19.8 Å². The number of ether oxygens (including phenoxy) is 1. The molecule has 0 aliphatic carbocycles. The van der Waals surface area contributed by atoms with Gasteiger partial charge < -0.3 is 15.2 Å². The summed E-state index contributed by atoms with van der Waals surface area (Å²) < 4.78 is 5.17. The van der Waals surface area contributed by atoms with Gasteiger partial charge in [0, 0.05) is 13.2 Å². The van der Waals surface area contributed by atoms with Crippen molar-refractivity contribution < 1.29 is 9.84 Å². The van der Waals surface area contributed by atoms with Crippen molar-refractivity contribution in [2.24, 2.45) is 0 Å². The molecule has 5 nitrogen and oxygen atoms in total. The zero-order valence-corrected chi connectivity index (χ0v) is 10.9. The van der Waals surface area contributed by atoms with Gasteiger partial charge in [-0.25, -0.2) is 4.98 Å². The Kier molecular flexibility index (Phi) is 5.68. The summed E-state index contributed by atoms with van der Waals surface area (Å²) in [5.74, 6) is 0. The summed E-state index contributed by atoms with van der Waals surface area (Å²) >= 11 is 0. The van der Waals surface area contributed by atoms with Gasteiger partial charge in [0.25, 0.3) is 0 Å². The molecule has 0 unspecified atom stereocenters. The molecule has 2 aromatic rings. The van der Waals surface area contributed by atoms with Crippen LogP contribution in [0, 0.1) is 0 Å². The quantitative estimate of drug-likeness (QED) is 0.697. The first-order valence-corrected chi connectivity index (χ1v) is 6.50. The maximum Gasteiger partial charge on any atom is 0.0890 e. The Morgan fingerprint density at radius 3 is 2.84 bits per heavy atom. The van der Waals surface area contributed by atoms with Gasteiger partial charge in [-0.2, -0.15) is 0 Å². The number of aromatic nitrogens is 2. The minimum absolute atomic E-state index is 0.0834. The van der Waals surface area contributed by atoms with Crippen molar-refractivity contribution in [1.29, 1.82) is 0 Å². The van der Waals surface area contributed by atoms with Gasteiger partial charge in [-0.3, -0.25) is 4.98 Å². The summed E-state index contributed by atoms with van der Waals surface area (Å²) in [6, 6.07) is 7.85. The zero-order chi connectivity index (χ0) is 13.3. The van der Waals surface area contributed by atoms with E-state index in [9.17, 15) is 0 Å². The van der Waals surface area contributed by atoms with Gasteiger partial charge in [0.1, 0.15) is 0 Å². The van der Waals surface area contributed by atoms with Gasteiger partial charge in [-0.1, -0.05) is 12.1 Å². The molecule has 102 valence electrons. The molecule has 0 spiro atoms. The van der Waals surface area contributed by atoms with Gasteiger partial charge >= 0.3 is 0 Å². The Morgan fingerprint density at radius 1 is 1.16 bits per heavy atom. The lowest BCUT2D eigenvalue weighted by Gasteiger charge is -2.05. The van der Waals surface area contributed by atoms with E-state index >= 15 is 0 Å². The summed E-state index contributed by atoms with van der Waals surface area (Å²) in [7, 11) is 0. The molecule has 0 amide bonds. The van der Waals surface area contributed by atoms with Crippen LogP contribution in [0.25, 0.3) is 11.0 Å². The number of nitrogens with one attached hydrogen (secondary N) is 1. The first-order valence-electron chi connectivity index (χ1n) is 6.50. The SMILES string of the molecule is OCCOCCCNCc1cnc2ccccc2n1. The number of para-hydroxylation sites is 2. The maximum atomic E-state index is 8.55. The normalized spacial score (nSPS) is 11.0. The lowest BCUT2D eigenvalue weighted by molar-refractivity contribution is 0.0907. The fourth-order valence-electron chi connectivity index (χ4n) is 1.76. The van der Waals surface area contributed by atoms with Crippen molar-refractivity contribution >= 4 is 11.0 Å². The van der Waals surface area contributed by atoms with E-state index in [0.717, 1.165) is 29.7 Å². The van der Waals surface area contributed by atoms with Crippen molar-refractivity contribution in [3.63, 3.8) is 0 Å². The van der Waals surface area contributed by atoms with Crippen LogP contribution in [0.3, 0.4) is 0 Å². The van der Waals surface area contributed by atoms with Gasteiger partial charge in [0.05, 0.1) is 36.1 Å². The number of nitrogens with zero attached hydrogens (tertiary/aromatic N) is 2. The highest BCUT2D eigenvalue weighted by Gasteiger charge is 1.98. The predicted molar refractivity (Wildman–Crippen MR) is 73.8 cm³/mol. The van der Waals surface area contributed by atoms with Crippen molar-refractivity contribution in [1.82, 2.24) is 15.3 Å². The molecule has 0 atom stereocenters. The highest BCUT2D eigenvalue weighted by atomic mass is 16.5. The van der Waals surface area contributed by atoms with E-state index in [1.54, 1.807) is 6.20 Å². The third kappa shape index (κ3) is 4.55. The van der Waals surface area contributed by atoms with Gasteiger partial charge in [0.15, 0.2) is 0 Å². The van der Waals surface area contributed by atoms with E-state index in [1.807, 2.05) is 24.3 Å². The molecule has 0 bridgehead atoms. The number of aliphatic hydroxyl groups excluding tert-OH is 1. The average Bonchev–Trinajstić information content (AvgIpc) is 2.46. The number of benzene rings is 1. The average molecular weight is 261 g/mol. The third-order valence-electron chi connectivity index (χ3n) is 2.68.